The summed E-state index contributed by atoms with van der Waals surface area (Å²) in [6.07, 6.45) is 3.00. The van der Waals surface area contributed by atoms with Gasteiger partial charge in [0.15, 0.2) is 0 Å². The van der Waals surface area contributed by atoms with E-state index in [1.165, 1.54) is 18.5 Å². The Morgan fingerprint density at radius 2 is 2.00 bits per heavy atom. The second-order valence-electron chi connectivity index (χ2n) is 3.36. The minimum Gasteiger partial charge on any atom is -0.263 e. The molecule has 6 heteroatoms. The van der Waals surface area contributed by atoms with Gasteiger partial charge in [0.2, 0.25) is 0 Å². The maximum absolute atomic E-state index is 10.4. The number of non-ortho nitro benzene ring substituents is 1. The molecule has 0 aliphatic carbocycles. The van der Waals surface area contributed by atoms with Crippen LogP contribution in [0.1, 0.15) is 11.4 Å². The molecule has 2 rings (SSSR count). The van der Waals surface area contributed by atoms with Gasteiger partial charge in [0.05, 0.1) is 4.92 Å². The fourth-order valence-corrected chi connectivity index (χ4v) is 1.40. The minimum atomic E-state index is -0.403. The zero-order chi connectivity index (χ0) is 11.4. The lowest BCUT2D eigenvalue weighted by Gasteiger charge is -1.98. The van der Waals surface area contributed by atoms with E-state index in [0.717, 1.165) is 24.2 Å². The molecular formula is C10H10N4O2. The van der Waals surface area contributed by atoms with Gasteiger partial charge in [-0.05, 0) is 12.0 Å². The highest BCUT2D eigenvalue weighted by Crippen LogP contribution is 2.12. The van der Waals surface area contributed by atoms with E-state index in [-0.39, 0.29) is 5.69 Å². The zero-order valence-electron chi connectivity index (χ0n) is 8.46. The summed E-state index contributed by atoms with van der Waals surface area (Å²) in [5, 5.41) is 17.0. The molecular weight excluding hydrogens is 208 g/mol. The average molecular weight is 218 g/mol. The summed E-state index contributed by atoms with van der Waals surface area (Å²) >= 11 is 0. The van der Waals surface area contributed by atoms with Gasteiger partial charge in [-0.3, -0.25) is 15.2 Å². The fraction of sp³-hybridized carbons (Fsp3) is 0.200. The van der Waals surface area contributed by atoms with Crippen molar-refractivity contribution in [3.63, 3.8) is 0 Å². The van der Waals surface area contributed by atoms with Crippen LogP contribution in [0.4, 0.5) is 5.69 Å². The average Bonchev–Trinajstić information content (AvgIpc) is 2.80. The quantitative estimate of drug-likeness (QED) is 0.622. The molecule has 6 nitrogen and oxygen atoms in total. The Bertz CT molecular complexity index is 464. The first-order valence-electron chi connectivity index (χ1n) is 4.83. The molecule has 0 atom stereocenters. The molecule has 1 heterocycles. The van der Waals surface area contributed by atoms with Crippen LogP contribution >= 0.6 is 0 Å². The maximum Gasteiger partial charge on any atom is 0.269 e. The first-order chi connectivity index (χ1) is 7.75. The van der Waals surface area contributed by atoms with E-state index in [2.05, 4.69) is 15.2 Å². The molecule has 82 valence electrons. The number of nitro groups is 1. The SMILES string of the molecule is O=[N+]([O-])c1ccc(CCc2ncn[nH]2)cc1. The Morgan fingerprint density at radius 3 is 2.56 bits per heavy atom. The van der Waals surface area contributed by atoms with Gasteiger partial charge in [-0.25, -0.2) is 4.98 Å². The number of benzene rings is 1. The van der Waals surface area contributed by atoms with Gasteiger partial charge >= 0.3 is 0 Å². The van der Waals surface area contributed by atoms with Crippen LogP contribution in [0.3, 0.4) is 0 Å². The number of H-pyrrole nitrogens is 1. The van der Waals surface area contributed by atoms with E-state index in [9.17, 15) is 10.1 Å². The normalized spacial score (nSPS) is 10.2. The van der Waals surface area contributed by atoms with E-state index >= 15 is 0 Å². The highest BCUT2D eigenvalue weighted by atomic mass is 16.6. The van der Waals surface area contributed by atoms with Crippen LogP contribution in [0.15, 0.2) is 30.6 Å². The Balaban J connectivity index is 1.98. The van der Waals surface area contributed by atoms with Gasteiger partial charge in [-0.2, -0.15) is 5.10 Å². The predicted octanol–water partition coefficient (Wildman–Crippen LogP) is 1.50. The molecule has 0 bridgehead atoms. The molecule has 1 aromatic heterocycles. The second-order valence-corrected chi connectivity index (χ2v) is 3.36. The molecule has 0 aliphatic heterocycles. The lowest BCUT2D eigenvalue weighted by Crippen LogP contribution is -1.94. The van der Waals surface area contributed by atoms with Crippen LogP contribution in [0, 0.1) is 10.1 Å². The van der Waals surface area contributed by atoms with Gasteiger partial charge in [-0.15, -0.1) is 0 Å². The van der Waals surface area contributed by atoms with Crippen molar-refractivity contribution in [2.75, 3.05) is 0 Å². The van der Waals surface area contributed by atoms with Crippen molar-refractivity contribution in [3.8, 4) is 0 Å². The summed E-state index contributed by atoms with van der Waals surface area (Å²) < 4.78 is 0. The Kier molecular flexibility index (Phi) is 2.90. The molecule has 0 radical (unpaired) electrons. The third-order valence-corrected chi connectivity index (χ3v) is 2.26. The molecule has 0 unspecified atom stereocenters. The van der Waals surface area contributed by atoms with Crippen LogP contribution < -0.4 is 0 Å². The van der Waals surface area contributed by atoms with Gasteiger partial charge in [0, 0.05) is 18.6 Å². The van der Waals surface area contributed by atoms with Crippen LogP contribution in [0.5, 0.6) is 0 Å². The molecule has 2 aromatic rings. The molecule has 1 aromatic carbocycles. The van der Waals surface area contributed by atoms with Gasteiger partial charge in [-0.1, -0.05) is 12.1 Å². The number of nitrogens with zero attached hydrogens (tertiary/aromatic N) is 3. The number of nitrogens with one attached hydrogen (secondary N) is 1. The van der Waals surface area contributed by atoms with Crippen molar-refractivity contribution < 1.29 is 4.92 Å². The van der Waals surface area contributed by atoms with Crippen LogP contribution in [0.2, 0.25) is 0 Å². The fourth-order valence-electron chi connectivity index (χ4n) is 1.40. The van der Waals surface area contributed by atoms with Crippen LogP contribution in [0.25, 0.3) is 0 Å². The number of rotatable bonds is 4. The van der Waals surface area contributed by atoms with Crippen molar-refractivity contribution in [3.05, 3.63) is 52.1 Å². The number of aryl methyl sites for hydroxylation is 2. The van der Waals surface area contributed by atoms with Crippen molar-refractivity contribution in [1.82, 2.24) is 15.2 Å². The molecule has 0 saturated heterocycles. The highest BCUT2D eigenvalue weighted by Gasteiger charge is 2.04. The summed E-state index contributed by atoms with van der Waals surface area (Å²) in [5.74, 6) is 0.818. The molecule has 0 saturated carbocycles. The van der Waals surface area contributed by atoms with Gasteiger partial charge in [0.1, 0.15) is 12.2 Å². The maximum atomic E-state index is 10.4. The molecule has 1 N–H and O–H groups in total. The van der Waals surface area contributed by atoms with E-state index in [1.54, 1.807) is 12.1 Å². The van der Waals surface area contributed by atoms with E-state index < -0.39 is 4.92 Å². The Hall–Kier alpha value is -2.24. The summed E-state index contributed by atoms with van der Waals surface area (Å²) in [7, 11) is 0. The topological polar surface area (TPSA) is 84.7 Å². The first-order valence-corrected chi connectivity index (χ1v) is 4.83. The van der Waals surface area contributed by atoms with Crippen molar-refractivity contribution in [2.45, 2.75) is 12.8 Å². The molecule has 16 heavy (non-hydrogen) atoms. The predicted molar refractivity (Wildman–Crippen MR) is 56.9 cm³/mol. The smallest absolute Gasteiger partial charge is 0.263 e. The summed E-state index contributed by atoms with van der Waals surface area (Å²) in [4.78, 5) is 14.0. The third-order valence-electron chi connectivity index (χ3n) is 2.26. The summed E-state index contributed by atoms with van der Waals surface area (Å²) in [6.45, 7) is 0. The van der Waals surface area contributed by atoms with Crippen LogP contribution in [-0.2, 0) is 12.8 Å². The van der Waals surface area contributed by atoms with Crippen LogP contribution in [-0.4, -0.2) is 20.1 Å². The van der Waals surface area contributed by atoms with Crippen molar-refractivity contribution in [1.29, 1.82) is 0 Å². The largest absolute Gasteiger partial charge is 0.269 e. The van der Waals surface area contributed by atoms with Crippen molar-refractivity contribution in [2.24, 2.45) is 0 Å². The number of aromatic amines is 1. The summed E-state index contributed by atoms with van der Waals surface area (Å²) in [5.41, 5.74) is 1.16. The van der Waals surface area contributed by atoms with Gasteiger partial charge < -0.3 is 0 Å². The Morgan fingerprint density at radius 1 is 1.25 bits per heavy atom. The first kappa shape index (κ1) is 10.3. The van der Waals surface area contributed by atoms with Gasteiger partial charge in [0.25, 0.3) is 5.69 Å². The van der Waals surface area contributed by atoms with E-state index in [4.69, 9.17) is 0 Å². The monoisotopic (exact) mass is 218 g/mol. The standard InChI is InChI=1S/C10H10N4O2/c15-14(16)9-4-1-8(2-5-9)3-6-10-11-7-12-13-10/h1-2,4-5,7H,3,6H2,(H,11,12,13). The molecule has 0 spiro atoms. The molecule has 0 fully saturated rings. The van der Waals surface area contributed by atoms with E-state index in [0.29, 0.717) is 0 Å². The molecule has 0 amide bonds. The zero-order valence-corrected chi connectivity index (χ0v) is 8.46. The number of aromatic nitrogens is 3. The lowest BCUT2D eigenvalue weighted by molar-refractivity contribution is -0.384. The second kappa shape index (κ2) is 4.52. The Labute approximate surface area is 91.5 Å². The minimum absolute atomic E-state index is 0.114. The summed E-state index contributed by atoms with van der Waals surface area (Å²) in [6, 6.07) is 6.54. The number of hydrogen-bond acceptors (Lipinski definition) is 4. The number of hydrogen-bond donors (Lipinski definition) is 1. The van der Waals surface area contributed by atoms with E-state index in [1.807, 2.05) is 0 Å². The van der Waals surface area contributed by atoms with Crippen molar-refractivity contribution >= 4 is 5.69 Å². The number of nitro benzene ring substituents is 1. The highest BCUT2D eigenvalue weighted by molar-refractivity contribution is 5.33. The molecule has 0 aliphatic rings. The third kappa shape index (κ3) is 2.41. The lowest BCUT2D eigenvalue weighted by atomic mass is 10.1.